The quantitative estimate of drug-likeness (QED) is 0.743. The van der Waals surface area contributed by atoms with Crippen LogP contribution < -0.4 is 0 Å². The van der Waals surface area contributed by atoms with Crippen molar-refractivity contribution in [2.24, 2.45) is 0 Å². The minimum atomic E-state index is -3.75. The monoisotopic (exact) mass is 437 g/mol. The van der Waals surface area contributed by atoms with E-state index < -0.39 is 25.8 Å². The van der Waals surface area contributed by atoms with Crippen molar-refractivity contribution in [3.63, 3.8) is 0 Å². The number of sulfone groups is 1. The predicted molar refractivity (Wildman–Crippen MR) is 108 cm³/mol. The SMILES string of the molecule is CS(=O)(=O)c1ccc(S(=O)(=O)N2CCCC(c3cccc(CC(=O)O)c3)C2)cc1. The summed E-state index contributed by atoms with van der Waals surface area (Å²) in [6.45, 7) is 0.689. The summed E-state index contributed by atoms with van der Waals surface area (Å²) in [6, 6.07) is 12.5. The first-order valence-electron chi connectivity index (χ1n) is 9.18. The Labute approximate surface area is 171 Å². The van der Waals surface area contributed by atoms with E-state index in [1.54, 1.807) is 12.1 Å². The van der Waals surface area contributed by atoms with Gasteiger partial charge < -0.3 is 5.11 Å². The molecular formula is C20H23NO6S2. The lowest BCUT2D eigenvalue weighted by Crippen LogP contribution is -2.39. The maximum atomic E-state index is 13.0. The van der Waals surface area contributed by atoms with Gasteiger partial charge in [0, 0.05) is 19.3 Å². The van der Waals surface area contributed by atoms with Gasteiger partial charge in [-0.2, -0.15) is 4.31 Å². The van der Waals surface area contributed by atoms with Crippen LogP contribution in [0, 0.1) is 0 Å². The van der Waals surface area contributed by atoms with Gasteiger partial charge in [-0.3, -0.25) is 4.79 Å². The van der Waals surface area contributed by atoms with E-state index in [9.17, 15) is 21.6 Å². The minimum Gasteiger partial charge on any atom is -0.481 e. The molecule has 29 heavy (non-hydrogen) atoms. The molecule has 1 unspecified atom stereocenters. The highest BCUT2D eigenvalue weighted by Crippen LogP contribution is 2.31. The van der Waals surface area contributed by atoms with E-state index in [2.05, 4.69) is 0 Å². The van der Waals surface area contributed by atoms with Gasteiger partial charge in [-0.1, -0.05) is 24.3 Å². The van der Waals surface area contributed by atoms with E-state index in [1.807, 2.05) is 12.1 Å². The largest absolute Gasteiger partial charge is 0.481 e. The summed E-state index contributed by atoms with van der Waals surface area (Å²) in [5, 5.41) is 8.99. The van der Waals surface area contributed by atoms with Gasteiger partial charge in [-0.05, 0) is 54.2 Å². The van der Waals surface area contributed by atoms with Crippen LogP contribution in [-0.2, 0) is 31.1 Å². The van der Waals surface area contributed by atoms with E-state index in [-0.39, 0.29) is 22.1 Å². The maximum absolute atomic E-state index is 13.0. The second kappa shape index (κ2) is 8.25. The van der Waals surface area contributed by atoms with Gasteiger partial charge >= 0.3 is 5.97 Å². The molecule has 0 bridgehead atoms. The van der Waals surface area contributed by atoms with Gasteiger partial charge in [0.25, 0.3) is 0 Å². The summed E-state index contributed by atoms with van der Waals surface area (Å²) in [5.74, 6) is -0.935. The van der Waals surface area contributed by atoms with Gasteiger partial charge in [0.15, 0.2) is 9.84 Å². The van der Waals surface area contributed by atoms with Crippen LogP contribution in [0.3, 0.4) is 0 Å². The molecule has 1 atom stereocenters. The highest BCUT2D eigenvalue weighted by Gasteiger charge is 2.31. The first kappa shape index (κ1) is 21.5. The lowest BCUT2D eigenvalue weighted by Gasteiger charge is -2.32. The van der Waals surface area contributed by atoms with Crippen molar-refractivity contribution in [2.45, 2.75) is 35.0 Å². The number of sulfonamides is 1. The van der Waals surface area contributed by atoms with Crippen LogP contribution in [0.5, 0.6) is 0 Å². The van der Waals surface area contributed by atoms with E-state index in [0.29, 0.717) is 25.1 Å². The van der Waals surface area contributed by atoms with Crippen LogP contribution in [-0.4, -0.2) is 51.6 Å². The number of hydrogen-bond donors (Lipinski definition) is 1. The summed E-state index contributed by atoms with van der Waals surface area (Å²) >= 11 is 0. The van der Waals surface area contributed by atoms with Gasteiger partial charge in [0.05, 0.1) is 16.2 Å². The fourth-order valence-corrected chi connectivity index (χ4v) is 5.73. The average Bonchev–Trinajstić information content (AvgIpc) is 2.67. The Morgan fingerprint density at radius 3 is 2.34 bits per heavy atom. The minimum absolute atomic E-state index is 0.0254. The standard InChI is InChI=1S/C20H23NO6S2/c1-28(24,25)18-7-9-19(10-8-18)29(26,27)21-11-3-6-17(14-21)16-5-2-4-15(12-16)13-20(22)23/h2,4-5,7-10,12,17H,3,6,11,13-14H2,1H3,(H,22,23). The van der Waals surface area contributed by atoms with E-state index in [1.165, 1.54) is 28.6 Å². The zero-order valence-corrected chi connectivity index (χ0v) is 17.6. The molecule has 0 saturated carbocycles. The number of aliphatic carboxylic acids is 1. The van der Waals surface area contributed by atoms with Crippen LogP contribution in [0.15, 0.2) is 58.3 Å². The van der Waals surface area contributed by atoms with Crippen LogP contribution in [0.25, 0.3) is 0 Å². The third-order valence-corrected chi connectivity index (χ3v) is 8.06. The van der Waals surface area contributed by atoms with Crippen molar-refractivity contribution >= 4 is 25.8 Å². The summed E-state index contributed by atoms with van der Waals surface area (Å²) in [4.78, 5) is 11.1. The molecule has 0 amide bonds. The fraction of sp³-hybridized carbons (Fsp3) is 0.350. The number of benzene rings is 2. The van der Waals surface area contributed by atoms with Crippen molar-refractivity contribution in [1.82, 2.24) is 4.31 Å². The van der Waals surface area contributed by atoms with Gasteiger partial charge in [-0.15, -0.1) is 0 Å². The van der Waals surface area contributed by atoms with E-state index >= 15 is 0 Å². The summed E-state index contributed by atoms with van der Waals surface area (Å²) in [7, 11) is -7.15. The Bertz CT molecular complexity index is 1110. The van der Waals surface area contributed by atoms with Gasteiger partial charge in [-0.25, -0.2) is 16.8 Å². The Balaban J connectivity index is 1.82. The molecule has 0 spiro atoms. The molecular weight excluding hydrogens is 414 g/mol. The normalized spacial score (nSPS) is 18.4. The molecule has 2 aromatic rings. The number of piperidine rings is 1. The van der Waals surface area contributed by atoms with Crippen molar-refractivity contribution in [2.75, 3.05) is 19.3 Å². The molecule has 1 fully saturated rings. The number of nitrogens with zero attached hydrogens (tertiary/aromatic N) is 1. The van der Waals surface area contributed by atoms with Gasteiger partial charge in [0.1, 0.15) is 0 Å². The van der Waals surface area contributed by atoms with Crippen molar-refractivity contribution in [3.8, 4) is 0 Å². The second-order valence-electron chi connectivity index (χ2n) is 7.26. The van der Waals surface area contributed by atoms with Crippen molar-refractivity contribution in [1.29, 1.82) is 0 Å². The number of carbonyl (C=O) groups is 1. The molecule has 0 radical (unpaired) electrons. The zero-order chi connectivity index (χ0) is 21.2. The maximum Gasteiger partial charge on any atom is 0.307 e. The molecule has 2 aromatic carbocycles. The smallest absolute Gasteiger partial charge is 0.307 e. The predicted octanol–water partition coefficient (Wildman–Crippen LogP) is 2.29. The third kappa shape index (κ3) is 5.04. The Morgan fingerprint density at radius 1 is 1.07 bits per heavy atom. The molecule has 0 aromatic heterocycles. The zero-order valence-electron chi connectivity index (χ0n) is 16.0. The molecule has 156 valence electrons. The molecule has 1 N–H and O–H groups in total. The van der Waals surface area contributed by atoms with Crippen molar-refractivity contribution in [3.05, 3.63) is 59.7 Å². The lowest BCUT2D eigenvalue weighted by molar-refractivity contribution is -0.136. The molecule has 9 heteroatoms. The highest BCUT2D eigenvalue weighted by atomic mass is 32.2. The summed E-state index contributed by atoms with van der Waals surface area (Å²) in [6.07, 6.45) is 2.50. The van der Waals surface area contributed by atoms with Gasteiger partial charge in [0.2, 0.25) is 10.0 Å². The second-order valence-corrected chi connectivity index (χ2v) is 11.2. The van der Waals surface area contributed by atoms with E-state index in [4.69, 9.17) is 5.11 Å². The molecule has 1 heterocycles. The number of carboxylic acids is 1. The summed E-state index contributed by atoms with van der Waals surface area (Å²) < 4.78 is 50.7. The number of rotatable bonds is 6. The third-order valence-electron chi connectivity index (χ3n) is 5.05. The first-order chi connectivity index (χ1) is 13.6. The average molecular weight is 438 g/mol. The molecule has 1 saturated heterocycles. The first-order valence-corrected chi connectivity index (χ1v) is 12.5. The molecule has 3 rings (SSSR count). The highest BCUT2D eigenvalue weighted by molar-refractivity contribution is 7.90. The molecule has 7 nitrogen and oxygen atoms in total. The van der Waals surface area contributed by atoms with Crippen LogP contribution in [0.2, 0.25) is 0 Å². The molecule has 1 aliphatic heterocycles. The topological polar surface area (TPSA) is 109 Å². The van der Waals surface area contributed by atoms with Crippen LogP contribution in [0.1, 0.15) is 29.9 Å². The Morgan fingerprint density at radius 2 is 1.72 bits per heavy atom. The van der Waals surface area contributed by atoms with Crippen molar-refractivity contribution < 1.29 is 26.7 Å². The summed E-state index contributed by atoms with van der Waals surface area (Å²) in [5.41, 5.74) is 1.61. The Kier molecular flexibility index (Phi) is 6.11. The molecule has 0 aliphatic carbocycles. The van der Waals surface area contributed by atoms with E-state index in [0.717, 1.165) is 18.2 Å². The van der Waals surface area contributed by atoms with Crippen LogP contribution in [0.4, 0.5) is 0 Å². The Hall–Kier alpha value is -2.23. The molecule has 1 aliphatic rings. The van der Waals surface area contributed by atoms with Crippen LogP contribution >= 0.6 is 0 Å². The lowest BCUT2D eigenvalue weighted by atomic mass is 9.90. The number of hydrogen-bond acceptors (Lipinski definition) is 5. The number of carboxylic acid groups (broad SMARTS) is 1. The fourth-order valence-electron chi connectivity index (χ4n) is 3.57.